The van der Waals surface area contributed by atoms with Crippen LogP contribution in [0.2, 0.25) is 0 Å². The van der Waals surface area contributed by atoms with Crippen LogP contribution in [0.25, 0.3) is 0 Å². The Bertz CT molecular complexity index is 526. The van der Waals surface area contributed by atoms with Crippen molar-refractivity contribution in [2.75, 3.05) is 14.2 Å². The van der Waals surface area contributed by atoms with E-state index < -0.39 is 17.2 Å². The van der Waals surface area contributed by atoms with E-state index in [9.17, 15) is 14.3 Å². The SMILES string of the molecule is COc1cc(Br)c(F)c(C2(C(=O)O)CCC2)c1OC. The van der Waals surface area contributed by atoms with Gasteiger partial charge in [-0.25, -0.2) is 4.39 Å². The van der Waals surface area contributed by atoms with Gasteiger partial charge in [0.05, 0.1) is 29.7 Å². The molecule has 1 fully saturated rings. The van der Waals surface area contributed by atoms with Crippen LogP contribution >= 0.6 is 15.9 Å². The highest BCUT2D eigenvalue weighted by Gasteiger charge is 2.50. The Morgan fingerprint density at radius 1 is 1.42 bits per heavy atom. The van der Waals surface area contributed by atoms with Crippen LogP contribution in [0.3, 0.4) is 0 Å². The number of halogens is 2. The Morgan fingerprint density at radius 3 is 2.42 bits per heavy atom. The minimum atomic E-state index is -1.22. The minimum Gasteiger partial charge on any atom is -0.493 e. The molecule has 0 bridgehead atoms. The van der Waals surface area contributed by atoms with Gasteiger partial charge in [0.2, 0.25) is 0 Å². The van der Waals surface area contributed by atoms with E-state index in [1.165, 1.54) is 20.3 Å². The van der Waals surface area contributed by atoms with Crippen LogP contribution in [0.4, 0.5) is 4.39 Å². The number of ether oxygens (including phenoxy) is 2. The number of hydrogen-bond acceptors (Lipinski definition) is 3. The fourth-order valence-electron chi connectivity index (χ4n) is 2.47. The molecule has 104 valence electrons. The van der Waals surface area contributed by atoms with Gasteiger partial charge in [-0.15, -0.1) is 0 Å². The summed E-state index contributed by atoms with van der Waals surface area (Å²) in [5.74, 6) is -1.15. The smallest absolute Gasteiger partial charge is 0.314 e. The summed E-state index contributed by atoms with van der Waals surface area (Å²) in [5, 5.41) is 9.46. The standard InChI is InChI=1S/C13H14BrFO4/c1-18-8-6-7(14)10(15)9(11(8)19-2)13(12(16)17)4-3-5-13/h6H,3-5H2,1-2H3,(H,16,17). The second kappa shape index (κ2) is 5.00. The maximum Gasteiger partial charge on any atom is 0.314 e. The van der Waals surface area contributed by atoms with Gasteiger partial charge in [0.1, 0.15) is 5.82 Å². The van der Waals surface area contributed by atoms with Gasteiger partial charge in [-0.2, -0.15) is 0 Å². The van der Waals surface area contributed by atoms with Crippen molar-refractivity contribution < 1.29 is 23.8 Å². The first-order chi connectivity index (χ1) is 8.97. The fraction of sp³-hybridized carbons (Fsp3) is 0.462. The van der Waals surface area contributed by atoms with Gasteiger partial charge in [-0.3, -0.25) is 4.79 Å². The molecular formula is C13H14BrFO4. The second-order valence-electron chi connectivity index (χ2n) is 4.52. The molecule has 1 saturated carbocycles. The van der Waals surface area contributed by atoms with E-state index in [1.54, 1.807) is 0 Å². The number of aliphatic carboxylic acids is 1. The van der Waals surface area contributed by atoms with E-state index in [2.05, 4.69) is 15.9 Å². The summed E-state index contributed by atoms with van der Waals surface area (Å²) in [6.45, 7) is 0. The average molecular weight is 333 g/mol. The predicted molar refractivity (Wildman–Crippen MR) is 70.4 cm³/mol. The van der Waals surface area contributed by atoms with Gasteiger partial charge in [0.25, 0.3) is 0 Å². The number of carboxylic acid groups (broad SMARTS) is 1. The summed E-state index contributed by atoms with van der Waals surface area (Å²) in [6.07, 6.45) is 1.55. The molecule has 0 amide bonds. The van der Waals surface area contributed by atoms with Crippen molar-refractivity contribution in [1.82, 2.24) is 0 Å². The third-order valence-electron chi connectivity index (χ3n) is 3.66. The molecule has 1 aliphatic carbocycles. The van der Waals surface area contributed by atoms with Crippen LogP contribution in [-0.2, 0) is 10.2 Å². The number of methoxy groups -OCH3 is 2. The minimum absolute atomic E-state index is 0.0694. The number of carboxylic acids is 1. The molecule has 1 aromatic carbocycles. The van der Waals surface area contributed by atoms with Crippen molar-refractivity contribution >= 4 is 21.9 Å². The highest BCUT2D eigenvalue weighted by Crippen LogP contribution is 2.52. The predicted octanol–water partition coefficient (Wildman–Crippen LogP) is 3.11. The molecule has 1 aliphatic rings. The molecule has 6 heteroatoms. The molecule has 2 rings (SSSR count). The van der Waals surface area contributed by atoms with Crippen LogP contribution in [0.5, 0.6) is 11.5 Å². The third kappa shape index (κ3) is 1.98. The Hall–Kier alpha value is -1.30. The maximum absolute atomic E-state index is 14.4. The van der Waals surface area contributed by atoms with Crippen LogP contribution in [-0.4, -0.2) is 25.3 Å². The zero-order valence-electron chi connectivity index (χ0n) is 10.6. The van der Waals surface area contributed by atoms with Gasteiger partial charge in [0.15, 0.2) is 11.5 Å². The molecule has 1 N–H and O–H groups in total. The summed E-state index contributed by atoms with van der Waals surface area (Å²) < 4.78 is 24.9. The van der Waals surface area contributed by atoms with Gasteiger partial charge in [0, 0.05) is 6.07 Å². The molecule has 0 heterocycles. The van der Waals surface area contributed by atoms with E-state index in [0.717, 1.165) is 6.42 Å². The first kappa shape index (κ1) is 14.1. The van der Waals surface area contributed by atoms with Gasteiger partial charge in [-0.05, 0) is 28.8 Å². The highest BCUT2D eigenvalue weighted by atomic mass is 79.9. The number of hydrogen-bond donors (Lipinski definition) is 1. The van der Waals surface area contributed by atoms with E-state index in [-0.39, 0.29) is 15.8 Å². The quantitative estimate of drug-likeness (QED) is 0.920. The lowest BCUT2D eigenvalue weighted by Gasteiger charge is -2.39. The van der Waals surface area contributed by atoms with Crippen molar-refractivity contribution in [2.24, 2.45) is 0 Å². The molecule has 0 atom stereocenters. The van der Waals surface area contributed by atoms with Crippen LogP contribution < -0.4 is 9.47 Å². The van der Waals surface area contributed by atoms with Gasteiger partial charge < -0.3 is 14.6 Å². The van der Waals surface area contributed by atoms with Crippen molar-refractivity contribution in [3.63, 3.8) is 0 Å². The van der Waals surface area contributed by atoms with Crippen LogP contribution in [0.1, 0.15) is 24.8 Å². The third-order valence-corrected chi connectivity index (χ3v) is 4.23. The lowest BCUT2D eigenvalue weighted by Crippen LogP contribution is -2.43. The molecule has 0 aromatic heterocycles. The lowest BCUT2D eigenvalue weighted by molar-refractivity contribution is -0.147. The Balaban J connectivity index is 2.73. The van der Waals surface area contributed by atoms with Gasteiger partial charge >= 0.3 is 5.97 Å². The van der Waals surface area contributed by atoms with Crippen molar-refractivity contribution in [3.8, 4) is 11.5 Å². The van der Waals surface area contributed by atoms with Crippen molar-refractivity contribution in [3.05, 3.63) is 21.9 Å². The topological polar surface area (TPSA) is 55.8 Å². The molecule has 4 nitrogen and oxygen atoms in total. The van der Waals surface area contributed by atoms with Crippen LogP contribution in [0.15, 0.2) is 10.5 Å². The number of rotatable bonds is 4. The second-order valence-corrected chi connectivity index (χ2v) is 5.38. The fourth-order valence-corrected chi connectivity index (χ4v) is 2.88. The molecule has 1 aromatic rings. The van der Waals surface area contributed by atoms with Crippen LogP contribution in [0, 0.1) is 5.82 Å². The largest absolute Gasteiger partial charge is 0.493 e. The molecule has 0 unspecified atom stereocenters. The monoisotopic (exact) mass is 332 g/mol. The lowest BCUT2D eigenvalue weighted by atomic mass is 9.64. The molecule has 0 radical (unpaired) electrons. The molecule has 0 saturated heterocycles. The number of carbonyl (C=O) groups is 1. The summed E-state index contributed by atoms with van der Waals surface area (Å²) in [5.41, 5.74) is -1.15. The van der Waals surface area contributed by atoms with E-state index in [4.69, 9.17) is 9.47 Å². The zero-order valence-corrected chi connectivity index (χ0v) is 12.2. The first-order valence-electron chi connectivity index (χ1n) is 5.81. The normalized spacial score (nSPS) is 16.6. The molecular weight excluding hydrogens is 319 g/mol. The summed E-state index contributed by atoms with van der Waals surface area (Å²) in [6, 6.07) is 1.44. The van der Waals surface area contributed by atoms with Gasteiger partial charge in [-0.1, -0.05) is 6.42 Å². The molecule has 19 heavy (non-hydrogen) atoms. The summed E-state index contributed by atoms with van der Waals surface area (Å²) >= 11 is 3.09. The zero-order chi connectivity index (χ0) is 14.2. The van der Waals surface area contributed by atoms with Crippen molar-refractivity contribution in [1.29, 1.82) is 0 Å². The average Bonchev–Trinajstić information content (AvgIpc) is 2.32. The van der Waals surface area contributed by atoms with Crippen molar-refractivity contribution in [2.45, 2.75) is 24.7 Å². The molecule has 0 spiro atoms. The van der Waals surface area contributed by atoms with E-state index in [0.29, 0.717) is 18.6 Å². The Labute approximate surface area is 118 Å². The Kier molecular flexibility index (Phi) is 3.71. The van der Waals surface area contributed by atoms with E-state index >= 15 is 0 Å². The highest BCUT2D eigenvalue weighted by molar-refractivity contribution is 9.10. The number of benzene rings is 1. The Morgan fingerprint density at radius 2 is 2.05 bits per heavy atom. The molecule has 0 aliphatic heterocycles. The first-order valence-corrected chi connectivity index (χ1v) is 6.61. The van der Waals surface area contributed by atoms with E-state index in [1.807, 2.05) is 0 Å². The maximum atomic E-state index is 14.4. The summed E-state index contributed by atoms with van der Waals surface area (Å²) in [7, 11) is 2.81. The summed E-state index contributed by atoms with van der Waals surface area (Å²) in [4.78, 5) is 11.6.